The lowest BCUT2D eigenvalue weighted by Crippen LogP contribution is -2.46. The molecule has 1 aliphatic rings. The molecule has 2 aromatic heterocycles. The lowest BCUT2D eigenvalue weighted by molar-refractivity contribution is 0.194. The number of hydrogen-bond acceptors (Lipinski definition) is 5. The van der Waals surface area contributed by atoms with Gasteiger partial charge >= 0.3 is 0 Å². The van der Waals surface area contributed by atoms with Crippen LogP contribution in [0.25, 0.3) is 5.65 Å². The summed E-state index contributed by atoms with van der Waals surface area (Å²) in [7, 11) is 0. The van der Waals surface area contributed by atoms with E-state index >= 15 is 0 Å². The molecule has 6 heteroatoms. The van der Waals surface area contributed by atoms with Crippen LogP contribution in [0.3, 0.4) is 0 Å². The number of nitrogens with one attached hydrogen (secondary N) is 1. The molecule has 1 fully saturated rings. The number of hydrogen-bond donors (Lipinski definition) is 2. The predicted molar refractivity (Wildman–Crippen MR) is 77.2 cm³/mol. The summed E-state index contributed by atoms with van der Waals surface area (Å²) >= 11 is 0. The van der Waals surface area contributed by atoms with Gasteiger partial charge in [0.05, 0.1) is 6.10 Å². The number of pyridine rings is 1. The summed E-state index contributed by atoms with van der Waals surface area (Å²) in [6.45, 7) is 4.80. The molecule has 1 aliphatic heterocycles. The van der Waals surface area contributed by atoms with Crippen molar-refractivity contribution in [3.05, 3.63) is 40.4 Å². The van der Waals surface area contributed by atoms with Gasteiger partial charge < -0.3 is 15.3 Å². The number of fused-ring (bicyclic) bond motifs is 1. The molecule has 3 heterocycles. The van der Waals surface area contributed by atoms with Crippen molar-refractivity contribution in [3.8, 4) is 0 Å². The molecular weight excluding hydrogens is 256 g/mol. The molecule has 2 aromatic rings. The Morgan fingerprint density at radius 3 is 2.80 bits per heavy atom. The Labute approximate surface area is 116 Å². The minimum absolute atomic E-state index is 0.117. The highest BCUT2D eigenvalue weighted by Crippen LogP contribution is 2.21. The van der Waals surface area contributed by atoms with Gasteiger partial charge in [0.2, 0.25) is 0 Å². The number of rotatable bonds is 2. The third-order valence-electron chi connectivity index (χ3n) is 3.57. The topological polar surface area (TPSA) is 69.9 Å². The number of aliphatic hydroxyl groups excluding tert-OH is 1. The fraction of sp³-hybridized carbons (Fsp3) is 0.429. The summed E-state index contributed by atoms with van der Waals surface area (Å²) in [6, 6.07) is 5.41. The standard InChI is InChI=1S/C14H18N4O2/c1-10(19)12-13(17-8-5-15-6-9-17)14(20)18-7-3-2-4-11(18)16-12/h2-4,7,10,15,19H,5-6,8-9H2,1H3. The van der Waals surface area contributed by atoms with Crippen molar-refractivity contribution in [2.24, 2.45) is 0 Å². The Bertz CT molecular complexity index is 674. The molecule has 1 unspecified atom stereocenters. The van der Waals surface area contributed by atoms with Crippen molar-refractivity contribution in [2.45, 2.75) is 13.0 Å². The molecule has 1 saturated heterocycles. The molecule has 1 atom stereocenters. The molecule has 2 N–H and O–H groups in total. The van der Waals surface area contributed by atoms with Crippen molar-refractivity contribution < 1.29 is 5.11 Å². The zero-order chi connectivity index (χ0) is 14.1. The van der Waals surface area contributed by atoms with Crippen LogP contribution in [0.5, 0.6) is 0 Å². The first-order chi connectivity index (χ1) is 9.68. The zero-order valence-electron chi connectivity index (χ0n) is 11.4. The van der Waals surface area contributed by atoms with Gasteiger partial charge in [0.1, 0.15) is 17.0 Å². The number of aliphatic hydroxyl groups is 1. The van der Waals surface area contributed by atoms with Crippen LogP contribution in [0, 0.1) is 0 Å². The summed E-state index contributed by atoms with van der Waals surface area (Å²) in [5, 5.41) is 13.2. The number of piperazine rings is 1. The first kappa shape index (κ1) is 13.1. The summed E-state index contributed by atoms with van der Waals surface area (Å²) in [5.74, 6) is 0. The minimum Gasteiger partial charge on any atom is -0.387 e. The van der Waals surface area contributed by atoms with Gasteiger partial charge in [-0.1, -0.05) is 6.07 Å². The average molecular weight is 274 g/mol. The Morgan fingerprint density at radius 2 is 2.10 bits per heavy atom. The van der Waals surface area contributed by atoms with Crippen LogP contribution in [-0.2, 0) is 0 Å². The molecule has 0 aromatic carbocycles. The van der Waals surface area contributed by atoms with Crippen molar-refractivity contribution in [2.75, 3.05) is 31.1 Å². The van der Waals surface area contributed by atoms with E-state index in [1.165, 1.54) is 4.40 Å². The lowest BCUT2D eigenvalue weighted by Gasteiger charge is -2.30. The van der Waals surface area contributed by atoms with Crippen LogP contribution in [0.15, 0.2) is 29.2 Å². The first-order valence-corrected chi connectivity index (χ1v) is 6.83. The van der Waals surface area contributed by atoms with Crippen LogP contribution >= 0.6 is 0 Å². The normalized spacial score (nSPS) is 17.4. The van der Waals surface area contributed by atoms with Gasteiger partial charge in [-0.15, -0.1) is 0 Å². The van der Waals surface area contributed by atoms with Gasteiger partial charge in [0.25, 0.3) is 5.56 Å². The Morgan fingerprint density at radius 1 is 1.35 bits per heavy atom. The van der Waals surface area contributed by atoms with Gasteiger partial charge in [-0.25, -0.2) is 4.98 Å². The van der Waals surface area contributed by atoms with E-state index in [1.54, 1.807) is 25.3 Å². The molecular formula is C14H18N4O2. The summed E-state index contributed by atoms with van der Waals surface area (Å²) < 4.78 is 1.53. The molecule has 0 aliphatic carbocycles. The molecule has 20 heavy (non-hydrogen) atoms. The molecule has 106 valence electrons. The number of anilines is 1. The van der Waals surface area contributed by atoms with E-state index in [0.29, 0.717) is 17.0 Å². The average Bonchev–Trinajstić information content (AvgIpc) is 2.48. The molecule has 0 spiro atoms. The van der Waals surface area contributed by atoms with Gasteiger partial charge in [0, 0.05) is 32.4 Å². The number of aromatic nitrogens is 2. The maximum absolute atomic E-state index is 12.7. The molecule has 0 amide bonds. The highest BCUT2D eigenvalue weighted by molar-refractivity contribution is 5.55. The highest BCUT2D eigenvalue weighted by Gasteiger charge is 2.22. The molecule has 0 saturated carbocycles. The SMILES string of the molecule is CC(O)c1nc2ccccn2c(=O)c1N1CCNCC1. The fourth-order valence-corrected chi connectivity index (χ4v) is 2.57. The second kappa shape index (κ2) is 5.22. The van der Waals surface area contributed by atoms with E-state index < -0.39 is 6.10 Å². The van der Waals surface area contributed by atoms with Gasteiger partial charge in [-0.05, 0) is 19.1 Å². The maximum Gasteiger partial charge on any atom is 0.281 e. The van der Waals surface area contributed by atoms with Gasteiger partial charge in [-0.3, -0.25) is 9.20 Å². The largest absolute Gasteiger partial charge is 0.387 e. The van der Waals surface area contributed by atoms with Crippen LogP contribution < -0.4 is 15.8 Å². The maximum atomic E-state index is 12.7. The van der Waals surface area contributed by atoms with Crippen molar-refractivity contribution in [1.29, 1.82) is 0 Å². The van der Waals surface area contributed by atoms with Crippen molar-refractivity contribution >= 4 is 11.3 Å². The molecule has 3 rings (SSSR count). The smallest absolute Gasteiger partial charge is 0.281 e. The first-order valence-electron chi connectivity index (χ1n) is 6.83. The zero-order valence-corrected chi connectivity index (χ0v) is 11.4. The molecule has 6 nitrogen and oxygen atoms in total. The van der Waals surface area contributed by atoms with Gasteiger partial charge in [0.15, 0.2) is 0 Å². The van der Waals surface area contributed by atoms with Crippen LogP contribution in [-0.4, -0.2) is 40.7 Å². The predicted octanol–water partition coefficient (Wildman–Crippen LogP) is 0.157. The highest BCUT2D eigenvalue weighted by atomic mass is 16.3. The summed E-state index contributed by atoms with van der Waals surface area (Å²) in [4.78, 5) is 19.2. The summed E-state index contributed by atoms with van der Waals surface area (Å²) in [6.07, 6.45) is 0.945. The van der Waals surface area contributed by atoms with Crippen LogP contribution in [0.1, 0.15) is 18.7 Å². The van der Waals surface area contributed by atoms with E-state index in [9.17, 15) is 9.90 Å². The molecule has 0 radical (unpaired) electrons. The van der Waals surface area contributed by atoms with Crippen molar-refractivity contribution in [1.82, 2.24) is 14.7 Å². The minimum atomic E-state index is -0.766. The third-order valence-corrected chi connectivity index (χ3v) is 3.57. The monoisotopic (exact) mass is 274 g/mol. The Kier molecular flexibility index (Phi) is 3.42. The van der Waals surface area contributed by atoms with E-state index in [4.69, 9.17) is 0 Å². The molecule has 0 bridgehead atoms. The summed E-state index contributed by atoms with van der Waals surface area (Å²) in [5.41, 5.74) is 1.42. The lowest BCUT2D eigenvalue weighted by atomic mass is 10.2. The second-order valence-electron chi connectivity index (χ2n) is 4.99. The number of nitrogens with zero attached hydrogens (tertiary/aromatic N) is 3. The second-order valence-corrected chi connectivity index (χ2v) is 4.99. The van der Waals surface area contributed by atoms with E-state index in [0.717, 1.165) is 26.2 Å². The van der Waals surface area contributed by atoms with E-state index in [-0.39, 0.29) is 5.56 Å². The van der Waals surface area contributed by atoms with Crippen molar-refractivity contribution in [3.63, 3.8) is 0 Å². The van der Waals surface area contributed by atoms with E-state index in [2.05, 4.69) is 10.3 Å². The van der Waals surface area contributed by atoms with Crippen LogP contribution in [0.2, 0.25) is 0 Å². The van der Waals surface area contributed by atoms with E-state index in [1.807, 2.05) is 11.0 Å². The Hall–Kier alpha value is -1.92. The van der Waals surface area contributed by atoms with Crippen LogP contribution in [0.4, 0.5) is 5.69 Å². The third kappa shape index (κ3) is 2.17. The Balaban J connectivity index is 2.24. The quantitative estimate of drug-likeness (QED) is 0.816. The van der Waals surface area contributed by atoms with Gasteiger partial charge in [-0.2, -0.15) is 0 Å². The fourth-order valence-electron chi connectivity index (χ4n) is 2.57.